The zero-order valence-electron chi connectivity index (χ0n) is 12.0. The van der Waals surface area contributed by atoms with Crippen molar-refractivity contribution in [3.8, 4) is 0 Å². The highest BCUT2D eigenvalue weighted by atomic mass is 19.1. The van der Waals surface area contributed by atoms with Crippen LogP contribution in [0.4, 0.5) is 4.39 Å². The summed E-state index contributed by atoms with van der Waals surface area (Å²) in [5.41, 5.74) is 6.17. The van der Waals surface area contributed by atoms with Gasteiger partial charge in [-0.25, -0.2) is 4.39 Å². The summed E-state index contributed by atoms with van der Waals surface area (Å²) in [5.74, 6) is -0.530. The van der Waals surface area contributed by atoms with E-state index in [1.807, 2.05) is 6.92 Å². The summed E-state index contributed by atoms with van der Waals surface area (Å²) >= 11 is 0. The maximum absolute atomic E-state index is 13.6. The summed E-state index contributed by atoms with van der Waals surface area (Å²) in [6, 6.07) is 6.61. The van der Waals surface area contributed by atoms with E-state index in [1.165, 1.54) is 6.07 Å². The third-order valence-electron chi connectivity index (χ3n) is 4.27. The van der Waals surface area contributed by atoms with Crippen LogP contribution < -0.4 is 11.1 Å². The van der Waals surface area contributed by atoms with E-state index in [0.717, 1.165) is 25.7 Å². The molecule has 1 aliphatic carbocycles. The normalized spacial score (nSPS) is 18.8. The minimum Gasteiger partial charge on any atom is -0.349 e. The molecule has 1 atom stereocenters. The van der Waals surface area contributed by atoms with Crippen molar-refractivity contribution in [2.45, 2.75) is 44.6 Å². The van der Waals surface area contributed by atoms with Gasteiger partial charge in [0.15, 0.2) is 0 Å². The van der Waals surface area contributed by atoms with Crippen molar-refractivity contribution in [1.29, 1.82) is 0 Å². The molecule has 0 aliphatic heterocycles. The van der Waals surface area contributed by atoms with Gasteiger partial charge in [0.05, 0.1) is 5.54 Å². The van der Waals surface area contributed by atoms with Gasteiger partial charge in [0, 0.05) is 12.5 Å². The highest BCUT2D eigenvalue weighted by molar-refractivity contribution is 5.79. The molecule has 1 aromatic carbocycles. The summed E-state index contributed by atoms with van der Waals surface area (Å²) in [6.45, 7) is 2.31. The SMILES string of the molecule is CC(Cc1ccccc1F)C(=O)NC1(CN)CCCC1. The lowest BCUT2D eigenvalue weighted by Crippen LogP contribution is -2.53. The predicted molar refractivity (Wildman–Crippen MR) is 77.7 cm³/mol. The fourth-order valence-electron chi connectivity index (χ4n) is 2.90. The van der Waals surface area contributed by atoms with E-state index in [9.17, 15) is 9.18 Å². The van der Waals surface area contributed by atoms with Gasteiger partial charge in [0.1, 0.15) is 5.82 Å². The van der Waals surface area contributed by atoms with E-state index in [4.69, 9.17) is 5.73 Å². The van der Waals surface area contributed by atoms with Gasteiger partial charge in [-0.1, -0.05) is 38.0 Å². The van der Waals surface area contributed by atoms with E-state index in [0.29, 0.717) is 18.5 Å². The summed E-state index contributed by atoms with van der Waals surface area (Å²) in [6.07, 6.45) is 4.53. The average Bonchev–Trinajstić information content (AvgIpc) is 2.90. The fraction of sp³-hybridized carbons (Fsp3) is 0.562. The van der Waals surface area contributed by atoms with Gasteiger partial charge in [-0.15, -0.1) is 0 Å². The van der Waals surface area contributed by atoms with Crippen LogP contribution in [0.15, 0.2) is 24.3 Å². The molecule has 3 N–H and O–H groups in total. The van der Waals surface area contributed by atoms with Crippen molar-refractivity contribution >= 4 is 5.91 Å². The van der Waals surface area contributed by atoms with Crippen molar-refractivity contribution in [2.75, 3.05) is 6.54 Å². The Kier molecular flexibility index (Phi) is 4.76. The van der Waals surface area contributed by atoms with Crippen LogP contribution in [0.3, 0.4) is 0 Å². The number of halogens is 1. The Morgan fingerprint density at radius 1 is 1.40 bits per heavy atom. The molecule has 1 fully saturated rings. The quantitative estimate of drug-likeness (QED) is 0.869. The average molecular weight is 278 g/mol. The summed E-state index contributed by atoms with van der Waals surface area (Å²) in [4.78, 5) is 12.3. The maximum atomic E-state index is 13.6. The molecule has 110 valence electrons. The highest BCUT2D eigenvalue weighted by Crippen LogP contribution is 2.29. The molecule has 0 saturated heterocycles. The highest BCUT2D eigenvalue weighted by Gasteiger charge is 2.34. The van der Waals surface area contributed by atoms with Crippen LogP contribution >= 0.6 is 0 Å². The second kappa shape index (κ2) is 6.35. The molecule has 0 aromatic heterocycles. The Bertz CT molecular complexity index is 469. The standard InChI is InChI=1S/C16H23FN2O/c1-12(10-13-6-2-3-7-14(13)17)15(20)19-16(11-18)8-4-5-9-16/h2-3,6-7,12H,4-5,8-11,18H2,1H3,(H,19,20). The van der Waals surface area contributed by atoms with Gasteiger partial charge in [-0.2, -0.15) is 0 Å². The van der Waals surface area contributed by atoms with Crippen LogP contribution in [0.5, 0.6) is 0 Å². The largest absolute Gasteiger partial charge is 0.349 e. The molecular weight excluding hydrogens is 255 g/mol. The molecular formula is C16H23FN2O. The van der Waals surface area contributed by atoms with E-state index in [1.54, 1.807) is 18.2 Å². The van der Waals surface area contributed by atoms with Gasteiger partial charge >= 0.3 is 0 Å². The maximum Gasteiger partial charge on any atom is 0.223 e. The van der Waals surface area contributed by atoms with Crippen molar-refractivity contribution in [1.82, 2.24) is 5.32 Å². The Balaban J connectivity index is 1.97. The smallest absolute Gasteiger partial charge is 0.223 e. The van der Waals surface area contributed by atoms with Crippen molar-refractivity contribution in [3.63, 3.8) is 0 Å². The van der Waals surface area contributed by atoms with Crippen molar-refractivity contribution in [3.05, 3.63) is 35.6 Å². The fourth-order valence-corrected chi connectivity index (χ4v) is 2.90. The van der Waals surface area contributed by atoms with E-state index in [-0.39, 0.29) is 23.2 Å². The van der Waals surface area contributed by atoms with Crippen LogP contribution in [0.25, 0.3) is 0 Å². The number of nitrogens with one attached hydrogen (secondary N) is 1. The van der Waals surface area contributed by atoms with E-state index < -0.39 is 0 Å². The predicted octanol–water partition coefficient (Wildman–Crippen LogP) is 2.39. The molecule has 20 heavy (non-hydrogen) atoms. The second-order valence-electron chi connectivity index (χ2n) is 5.88. The van der Waals surface area contributed by atoms with Gasteiger partial charge in [-0.3, -0.25) is 4.79 Å². The number of amides is 1. The third kappa shape index (κ3) is 3.37. The van der Waals surface area contributed by atoms with Crippen LogP contribution in [-0.2, 0) is 11.2 Å². The first kappa shape index (κ1) is 15.0. The summed E-state index contributed by atoms with van der Waals surface area (Å²) in [5, 5.41) is 3.10. The van der Waals surface area contributed by atoms with Gasteiger partial charge < -0.3 is 11.1 Å². The topological polar surface area (TPSA) is 55.1 Å². The zero-order chi connectivity index (χ0) is 14.6. The zero-order valence-corrected chi connectivity index (χ0v) is 12.0. The number of nitrogens with two attached hydrogens (primary N) is 1. The lowest BCUT2D eigenvalue weighted by atomic mass is 9.94. The summed E-state index contributed by atoms with van der Waals surface area (Å²) < 4.78 is 13.6. The first-order chi connectivity index (χ1) is 9.56. The number of carbonyl (C=O) groups excluding carboxylic acids is 1. The molecule has 0 heterocycles. The molecule has 1 aliphatic rings. The Morgan fingerprint density at radius 3 is 2.65 bits per heavy atom. The number of benzene rings is 1. The van der Waals surface area contributed by atoms with E-state index >= 15 is 0 Å². The lowest BCUT2D eigenvalue weighted by molar-refractivity contribution is -0.126. The number of hydrogen-bond donors (Lipinski definition) is 2. The first-order valence-electron chi connectivity index (χ1n) is 7.32. The van der Waals surface area contributed by atoms with Crippen LogP contribution in [0.1, 0.15) is 38.2 Å². The number of carbonyl (C=O) groups is 1. The van der Waals surface area contributed by atoms with Crippen LogP contribution in [0, 0.1) is 11.7 Å². The Morgan fingerprint density at radius 2 is 2.05 bits per heavy atom. The molecule has 1 amide bonds. The van der Waals surface area contributed by atoms with Gasteiger partial charge in [-0.05, 0) is 30.9 Å². The lowest BCUT2D eigenvalue weighted by Gasteiger charge is -2.30. The molecule has 4 heteroatoms. The van der Waals surface area contributed by atoms with Crippen LogP contribution in [0.2, 0.25) is 0 Å². The molecule has 1 aromatic rings. The molecule has 1 saturated carbocycles. The number of rotatable bonds is 5. The molecule has 2 rings (SSSR count). The monoisotopic (exact) mass is 278 g/mol. The molecule has 0 radical (unpaired) electrons. The molecule has 0 bridgehead atoms. The van der Waals surface area contributed by atoms with E-state index in [2.05, 4.69) is 5.32 Å². The Hall–Kier alpha value is -1.42. The number of hydrogen-bond acceptors (Lipinski definition) is 2. The minimum absolute atomic E-state index is 0.0272. The van der Waals surface area contributed by atoms with Crippen LogP contribution in [-0.4, -0.2) is 18.0 Å². The van der Waals surface area contributed by atoms with Gasteiger partial charge in [0.2, 0.25) is 5.91 Å². The molecule has 3 nitrogen and oxygen atoms in total. The third-order valence-corrected chi connectivity index (χ3v) is 4.27. The first-order valence-corrected chi connectivity index (χ1v) is 7.32. The van der Waals surface area contributed by atoms with Gasteiger partial charge in [0.25, 0.3) is 0 Å². The molecule has 0 spiro atoms. The van der Waals surface area contributed by atoms with Crippen molar-refractivity contribution < 1.29 is 9.18 Å². The molecule has 1 unspecified atom stereocenters. The Labute approximate surface area is 119 Å². The minimum atomic E-state index is -0.254. The second-order valence-corrected chi connectivity index (χ2v) is 5.88. The summed E-state index contributed by atoms with van der Waals surface area (Å²) in [7, 11) is 0. The van der Waals surface area contributed by atoms with Crippen molar-refractivity contribution in [2.24, 2.45) is 11.7 Å².